The maximum atomic E-state index is 4.32. The molecule has 0 saturated carbocycles. The third-order valence-corrected chi connectivity index (χ3v) is 2.49. The third-order valence-electron chi connectivity index (χ3n) is 2.49. The lowest BCUT2D eigenvalue weighted by molar-refractivity contribution is 0.662. The molecule has 5 nitrogen and oxygen atoms in total. The van der Waals surface area contributed by atoms with Crippen LogP contribution in [0, 0.1) is 6.92 Å². The molecule has 2 aromatic heterocycles. The van der Waals surface area contributed by atoms with Crippen molar-refractivity contribution in [2.24, 2.45) is 7.05 Å². The number of imidazole rings is 1. The van der Waals surface area contributed by atoms with Crippen LogP contribution in [0.2, 0.25) is 0 Å². The Kier molecular flexibility index (Phi) is 3.05. The van der Waals surface area contributed by atoms with Crippen LogP contribution in [0.15, 0.2) is 18.6 Å². The number of nitrogens with zero attached hydrogens (tertiary/aromatic N) is 4. The van der Waals surface area contributed by atoms with Gasteiger partial charge in [-0.3, -0.25) is 4.68 Å². The van der Waals surface area contributed by atoms with E-state index in [0.29, 0.717) is 0 Å². The van der Waals surface area contributed by atoms with Crippen LogP contribution in [0.25, 0.3) is 0 Å². The molecule has 1 N–H and O–H groups in total. The highest BCUT2D eigenvalue weighted by Crippen LogP contribution is 2.05. The van der Waals surface area contributed by atoms with Gasteiger partial charge in [0.25, 0.3) is 0 Å². The summed E-state index contributed by atoms with van der Waals surface area (Å²) in [5.74, 6) is 0. The normalized spacial score (nSPS) is 10.9. The second kappa shape index (κ2) is 4.49. The molecule has 0 bridgehead atoms. The molecule has 0 fully saturated rings. The Morgan fingerprint density at radius 3 is 2.88 bits per heavy atom. The van der Waals surface area contributed by atoms with E-state index >= 15 is 0 Å². The van der Waals surface area contributed by atoms with Crippen molar-refractivity contribution in [3.05, 3.63) is 35.7 Å². The van der Waals surface area contributed by atoms with Crippen molar-refractivity contribution in [3.8, 4) is 0 Å². The van der Waals surface area contributed by atoms with E-state index in [4.69, 9.17) is 0 Å². The Morgan fingerprint density at radius 1 is 1.44 bits per heavy atom. The SMILES string of the molecule is CNCc1cn(Cc2cc(C)nn2C)cn1. The second-order valence-electron chi connectivity index (χ2n) is 3.97. The van der Waals surface area contributed by atoms with Crippen molar-refractivity contribution >= 4 is 0 Å². The lowest BCUT2D eigenvalue weighted by Crippen LogP contribution is -2.06. The second-order valence-corrected chi connectivity index (χ2v) is 3.97. The number of nitrogens with one attached hydrogen (secondary N) is 1. The van der Waals surface area contributed by atoms with Crippen LogP contribution < -0.4 is 5.32 Å². The van der Waals surface area contributed by atoms with Gasteiger partial charge < -0.3 is 9.88 Å². The highest BCUT2D eigenvalue weighted by atomic mass is 15.3. The third kappa shape index (κ3) is 2.30. The van der Waals surface area contributed by atoms with E-state index in [0.717, 1.165) is 24.5 Å². The van der Waals surface area contributed by atoms with Crippen LogP contribution in [0.3, 0.4) is 0 Å². The topological polar surface area (TPSA) is 47.7 Å². The summed E-state index contributed by atoms with van der Waals surface area (Å²) >= 11 is 0. The molecule has 5 heteroatoms. The molecule has 0 aliphatic heterocycles. The number of aromatic nitrogens is 4. The van der Waals surface area contributed by atoms with Gasteiger partial charge in [-0.25, -0.2) is 4.98 Å². The van der Waals surface area contributed by atoms with Gasteiger partial charge in [0, 0.05) is 19.8 Å². The van der Waals surface area contributed by atoms with Crippen molar-refractivity contribution < 1.29 is 0 Å². The molecule has 16 heavy (non-hydrogen) atoms. The highest BCUT2D eigenvalue weighted by Gasteiger charge is 2.03. The predicted octanol–water partition coefficient (Wildman–Crippen LogP) is 0.693. The summed E-state index contributed by atoms with van der Waals surface area (Å²) in [6.07, 6.45) is 3.91. The quantitative estimate of drug-likeness (QED) is 0.823. The highest BCUT2D eigenvalue weighted by molar-refractivity contribution is 5.10. The van der Waals surface area contributed by atoms with E-state index < -0.39 is 0 Å². The van der Waals surface area contributed by atoms with Crippen LogP contribution in [0.5, 0.6) is 0 Å². The zero-order valence-corrected chi connectivity index (χ0v) is 9.94. The number of hydrogen-bond donors (Lipinski definition) is 1. The first-order valence-corrected chi connectivity index (χ1v) is 5.34. The molecule has 0 aliphatic carbocycles. The average molecular weight is 219 g/mol. The fraction of sp³-hybridized carbons (Fsp3) is 0.455. The molecule has 0 atom stereocenters. The zero-order valence-electron chi connectivity index (χ0n) is 9.94. The van der Waals surface area contributed by atoms with E-state index in [-0.39, 0.29) is 0 Å². The lowest BCUT2D eigenvalue weighted by Gasteiger charge is -2.01. The molecular formula is C11H17N5. The standard InChI is InChI=1S/C11H17N5/c1-9-4-11(15(3)14-9)7-16-6-10(5-12-2)13-8-16/h4,6,8,12H,5,7H2,1-3H3. The number of hydrogen-bond acceptors (Lipinski definition) is 3. The average Bonchev–Trinajstić information content (AvgIpc) is 2.76. The first kappa shape index (κ1) is 10.9. The van der Waals surface area contributed by atoms with Gasteiger partial charge in [-0.2, -0.15) is 5.10 Å². The molecule has 2 aromatic rings. The molecule has 86 valence electrons. The molecule has 0 spiro atoms. The molecule has 0 aliphatic rings. The minimum atomic E-state index is 0.803. The smallest absolute Gasteiger partial charge is 0.0953 e. The van der Waals surface area contributed by atoms with Gasteiger partial charge in [0.15, 0.2) is 0 Å². The summed E-state index contributed by atoms with van der Waals surface area (Å²) in [5.41, 5.74) is 3.29. The van der Waals surface area contributed by atoms with E-state index in [1.54, 1.807) is 0 Å². The molecule has 0 aromatic carbocycles. The van der Waals surface area contributed by atoms with Crippen molar-refractivity contribution in [3.63, 3.8) is 0 Å². The fourth-order valence-corrected chi connectivity index (χ4v) is 1.76. The fourth-order valence-electron chi connectivity index (χ4n) is 1.76. The van der Waals surface area contributed by atoms with Crippen LogP contribution in [-0.4, -0.2) is 26.4 Å². The summed E-state index contributed by atoms with van der Waals surface area (Å²) in [5, 5.41) is 7.40. The lowest BCUT2D eigenvalue weighted by atomic mass is 10.3. The molecule has 0 saturated heterocycles. The van der Waals surface area contributed by atoms with Gasteiger partial charge in [-0.1, -0.05) is 0 Å². The molecular weight excluding hydrogens is 202 g/mol. The van der Waals surface area contributed by atoms with E-state index in [1.165, 1.54) is 5.69 Å². The number of rotatable bonds is 4. The van der Waals surface area contributed by atoms with Crippen molar-refractivity contribution in [2.45, 2.75) is 20.0 Å². The molecule has 0 amide bonds. The minimum absolute atomic E-state index is 0.803. The van der Waals surface area contributed by atoms with Crippen LogP contribution >= 0.6 is 0 Å². The minimum Gasteiger partial charge on any atom is -0.331 e. The van der Waals surface area contributed by atoms with Crippen molar-refractivity contribution in [2.75, 3.05) is 7.05 Å². The summed E-state index contributed by atoms with van der Waals surface area (Å²) in [7, 11) is 3.89. The van der Waals surface area contributed by atoms with Gasteiger partial charge in [-0.05, 0) is 20.0 Å². The Labute approximate surface area is 95.1 Å². The monoisotopic (exact) mass is 219 g/mol. The molecule has 2 heterocycles. The van der Waals surface area contributed by atoms with Gasteiger partial charge >= 0.3 is 0 Å². The Morgan fingerprint density at radius 2 is 2.25 bits per heavy atom. The molecule has 0 unspecified atom stereocenters. The van der Waals surface area contributed by atoms with Crippen LogP contribution in [-0.2, 0) is 20.1 Å². The van der Waals surface area contributed by atoms with Crippen LogP contribution in [0.4, 0.5) is 0 Å². The Bertz CT molecular complexity index is 468. The Balaban J connectivity index is 2.11. The van der Waals surface area contributed by atoms with Crippen molar-refractivity contribution in [1.82, 2.24) is 24.6 Å². The summed E-state index contributed by atoms with van der Waals surface area (Å²) in [6.45, 7) is 3.62. The first-order chi connectivity index (χ1) is 7.69. The maximum Gasteiger partial charge on any atom is 0.0953 e. The van der Waals surface area contributed by atoms with Crippen LogP contribution in [0.1, 0.15) is 17.1 Å². The number of aryl methyl sites for hydroxylation is 2. The zero-order chi connectivity index (χ0) is 11.5. The summed E-state index contributed by atoms with van der Waals surface area (Å²) < 4.78 is 3.98. The van der Waals surface area contributed by atoms with E-state index in [1.807, 2.05) is 32.0 Å². The van der Waals surface area contributed by atoms with Crippen molar-refractivity contribution in [1.29, 1.82) is 0 Å². The predicted molar refractivity (Wildman–Crippen MR) is 62.0 cm³/mol. The summed E-state index contributed by atoms with van der Waals surface area (Å²) in [6, 6.07) is 2.09. The van der Waals surface area contributed by atoms with Gasteiger partial charge in [0.05, 0.1) is 30.0 Å². The Hall–Kier alpha value is -1.62. The van der Waals surface area contributed by atoms with Gasteiger partial charge in [0.2, 0.25) is 0 Å². The maximum absolute atomic E-state index is 4.32. The first-order valence-electron chi connectivity index (χ1n) is 5.34. The van der Waals surface area contributed by atoms with Gasteiger partial charge in [-0.15, -0.1) is 0 Å². The molecule has 0 radical (unpaired) electrons. The largest absolute Gasteiger partial charge is 0.331 e. The van der Waals surface area contributed by atoms with E-state index in [2.05, 4.69) is 32.2 Å². The van der Waals surface area contributed by atoms with E-state index in [9.17, 15) is 0 Å². The summed E-state index contributed by atoms with van der Waals surface area (Å²) in [4.78, 5) is 4.31. The molecule has 2 rings (SSSR count). The van der Waals surface area contributed by atoms with Gasteiger partial charge in [0.1, 0.15) is 0 Å².